The molecular formula is C31H33ClN4O2. The second-order valence-corrected chi connectivity index (χ2v) is 10.1. The van der Waals surface area contributed by atoms with Crippen LogP contribution in [0, 0.1) is 0 Å². The minimum atomic E-state index is -0.216. The SMILES string of the molecule is CC[C@H](NC(=O)c1c(CN2CCCNCC2)n(-c2ccccc2)c(=O)c2c(Cl)cccc12)c1ccccc1. The van der Waals surface area contributed by atoms with Crippen molar-refractivity contribution in [2.24, 2.45) is 0 Å². The first-order valence-corrected chi connectivity index (χ1v) is 13.7. The first-order chi connectivity index (χ1) is 18.6. The Morgan fingerprint density at radius 3 is 2.45 bits per heavy atom. The molecule has 0 bridgehead atoms. The van der Waals surface area contributed by atoms with Crippen molar-refractivity contribution in [1.29, 1.82) is 0 Å². The molecule has 3 aromatic carbocycles. The molecule has 1 atom stereocenters. The number of nitrogens with one attached hydrogen (secondary N) is 2. The Kier molecular flexibility index (Phi) is 8.23. The van der Waals surface area contributed by atoms with E-state index >= 15 is 0 Å². The molecule has 1 aliphatic heterocycles. The maximum Gasteiger partial charge on any atom is 0.264 e. The monoisotopic (exact) mass is 528 g/mol. The van der Waals surface area contributed by atoms with Crippen LogP contribution in [0.4, 0.5) is 0 Å². The average Bonchev–Trinajstić information content (AvgIpc) is 3.21. The molecule has 1 fully saturated rings. The van der Waals surface area contributed by atoms with E-state index in [2.05, 4.69) is 22.5 Å². The summed E-state index contributed by atoms with van der Waals surface area (Å²) in [5, 5.41) is 7.99. The molecule has 1 aromatic heterocycles. The highest BCUT2D eigenvalue weighted by molar-refractivity contribution is 6.36. The van der Waals surface area contributed by atoms with Gasteiger partial charge in [-0.15, -0.1) is 0 Å². The van der Waals surface area contributed by atoms with Crippen LogP contribution in [0.1, 0.15) is 47.4 Å². The molecule has 1 saturated heterocycles. The predicted molar refractivity (Wildman–Crippen MR) is 154 cm³/mol. The van der Waals surface area contributed by atoms with Gasteiger partial charge >= 0.3 is 0 Å². The number of nitrogens with zero attached hydrogens (tertiary/aromatic N) is 2. The van der Waals surface area contributed by atoms with Crippen molar-refractivity contribution in [3.05, 3.63) is 111 Å². The number of rotatable bonds is 7. The molecule has 6 nitrogen and oxygen atoms in total. The number of hydrogen-bond acceptors (Lipinski definition) is 4. The summed E-state index contributed by atoms with van der Waals surface area (Å²) in [6.45, 7) is 6.06. The summed E-state index contributed by atoms with van der Waals surface area (Å²) in [5.41, 5.74) is 2.72. The molecule has 0 spiro atoms. The maximum atomic E-state index is 14.2. The number of para-hydroxylation sites is 1. The first-order valence-electron chi connectivity index (χ1n) is 13.3. The van der Waals surface area contributed by atoms with Gasteiger partial charge < -0.3 is 10.6 Å². The van der Waals surface area contributed by atoms with Crippen LogP contribution in [-0.4, -0.2) is 41.6 Å². The Balaban J connectivity index is 1.73. The molecule has 38 heavy (non-hydrogen) atoms. The minimum Gasteiger partial charge on any atom is -0.345 e. The van der Waals surface area contributed by atoms with Crippen molar-refractivity contribution in [2.75, 3.05) is 26.2 Å². The number of carbonyl (C=O) groups is 1. The second-order valence-electron chi connectivity index (χ2n) is 9.68. The molecule has 2 N–H and O–H groups in total. The Hall–Kier alpha value is -3.45. The fraction of sp³-hybridized carbons (Fsp3) is 0.290. The van der Waals surface area contributed by atoms with Crippen LogP contribution in [-0.2, 0) is 6.54 Å². The van der Waals surface area contributed by atoms with Gasteiger partial charge in [0.05, 0.1) is 27.7 Å². The summed E-state index contributed by atoms with van der Waals surface area (Å²) >= 11 is 6.63. The van der Waals surface area contributed by atoms with E-state index in [0.717, 1.165) is 44.6 Å². The van der Waals surface area contributed by atoms with E-state index in [4.69, 9.17) is 11.6 Å². The van der Waals surface area contributed by atoms with E-state index in [9.17, 15) is 9.59 Å². The topological polar surface area (TPSA) is 66.4 Å². The molecule has 7 heteroatoms. The average molecular weight is 529 g/mol. The molecule has 0 saturated carbocycles. The van der Waals surface area contributed by atoms with Crippen molar-refractivity contribution < 1.29 is 4.79 Å². The van der Waals surface area contributed by atoms with Crippen LogP contribution in [0.5, 0.6) is 0 Å². The van der Waals surface area contributed by atoms with Gasteiger partial charge in [-0.25, -0.2) is 0 Å². The summed E-state index contributed by atoms with van der Waals surface area (Å²) in [7, 11) is 0. The number of halogens is 1. The molecule has 0 unspecified atom stereocenters. The zero-order valence-electron chi connectivity index (χ0n) is 21.6. The third-order valence-corrected chi connectivity index (χ3v) is 7.54. The second kappa shape index (κ2) is 11.9. The Labute approximate surface area is 228 Å². The van der Waals surface area contributed by atoms with Crippen molar-refractivity contribution >= 4 is 28.3 Å². The van der Waals surface area contributed by atoms with Crippen LogP contribution in [0.2, 0.25) is 5.02 Å². The van der Waals surface area contributed by atoms with Crippen molar-refractivity contribution in [2.45, 2.75) is 32.4 Å². The lowest BCUT2D eigenvalue weighted by Crippen LogP contribution is -2.36. The molecule has 1 amide bonds. The summed E-state index contributed by atoms with van der Waals surface area (Å²) in [5.74, 6) is -0.208. The highest BCUT2D eigenvalue weighted by Crippen LogP contribution is 2.29. The summed E-state index contributed by atoms with van der Waals surface area (Å²) in [6.07, 6.45) is 1.74. The molecule has 196 valence electrons. The quantitative estimate of drug-likeness (QED) is 0.341. The Morgan fingerprint density at radius 2 is 1.71 bits per heavy atom. The van der Waals surface area contributed by atoms with Gasteiger partial charge in [0, 0.05) is 30.7 Å². The maximum absolute atomic E-state index is 14.2. The number of amides is 1. The third-order valence-electron chi connectivity index (χ3n) is 7.22. The third kappa shape index (κ3) is 5.39. The van der Waals surface area contributed by atoms with Crippen LogP contribution in [0.15, 0.2) is 83.7 Å². The van der Waals surface area contributed by atoms with Gasteiger partial charge in [-0.05, 0) is 49.7 Å². The molecular weight excluding hydrogens is 496 g/mol. The van der Waals surface area contributed by atoms with Crippen molar-refractivity contribution in [3.63, 3.8) is 0 Å². The number of carbonyl (C=O) groups excluding carboxylic acids is 1. The molecule has 0 radical (unpaired) electrons. The van der Waals surface area contributed by atoms with Gasteiger partial charge in [0.1, 0.15) is 0 Å². The van der Waals surface area contributed by atoms with E-state index in [-0.39, 0.29) is 17.5 Å². The fourth-order valence-corrected chi connectivity index (χ4v) is 5.57. The molecule has 2 heterocycles. The largest absolute Gasteiger partial charge is 0.345 e. The number of fused-ring (bicyclic) bond motifs is 1. The predicted octanol–water partition coefficient (Wildman–Crippen LogP) is 5.32. The molecule has 0 aliphatic carbocycles. The van der Waals surface area contributed by atoms with Gasteiger partial charge in [0.15, 0.2) is 0 Å². The van der Waals surface area contributed by atoms with Crippen molar-refractivity contribution in [3.8, 4) is 5.69 Å². The van der Waals surface area contributed by atoms with Crippen LogP contribution in [0.3, 0.4) is 0 Å². The Bertz CT molecular complexity index is 1460. The van der Waals surface area contributed by atoms with Crippen LogP contribution >= 0.6 is 11.6 Å². The molecule has 1 aliphatic rings. The standard InChI is InChI=1S/C31H33ClN4O2/c1-2-26(22-11-5-3-6-12-22)34-30(37)29-24-15-9-16-25(32)28(24)31(38)36(23-13-7-4-8-14-23)27(29)21-35-19-10-17-33-18-20-35/h3-9,11-16,26,33H,2,10,17-21H2,1H3,(H,34,37)/t26-/m0/s1. The number of pyridine rings is 1. The first kappa shape index (κ1) is 26.2. The molecule has 4 aromatic rings. The van der Waals surface area contributed by atoms with E-state index in [1.165, 1.54) is 0 Å². The van der Waals surface area contributed by atoms with Gasteiger partial charge in [-0.3, -0.25) is 19.1 Å². The lowest BCUT2D eigenvalue weighted by Gasteiger charge is -2.26. The zero-order valence-corrected chi connectivity index (χ0v) is 22.4. The van der Waals surface area contributed by atoms with E-state index < -0.39 is 0 Å². The summed E-state index contributed by atoms with van der Waals surface area (Å²) < 4.78 is 1.69. The van der Waals surface area contributed by atoms with Crippen molar-refractivity contribution in [1.82, 2.24) is 20.1 Å². The summed E-state index contributed by atoms with van der Waals surface area (Å²) in [6, 6.07) is 24.7. The van der Waals surface area contributed by atoms with E-state index in [0.29, 0.717) is 39.3 Å². The molecule has 5 rings (SSSR count). The van der Waals surface area contributed by atoms with E-state index in [1.807, 2.05) is 72.8 Å². The van der Waals surface area contributed by atoms with Gasteiger partial charge in [0.2, 0.25) is 0 Å². The summed E-state index contributed by atoms with van der Waals surface area (Å²) in [4.78, 5) is 30.6. The normalized spacial score (nSPS) is 15.2. The van der Waals surface area contributed by atoms with Gasteiger partial charge in [0.25, 0.3) is 11.5 Å². The van der Waals surface area contributed by atoms with Crippen LogP contribution in [0.25, 0.3) is 16.5 Å². The number of benzene rings is 3. The van der Waals surface area contributed by atoms with Gasteiger partial charge in [-0.1, -0.05) is 79.2 Å². The Morgan fingerprint density at radius 1 is 0.974 bits per heavy atom. The van der Waals surface area contributed by atoms with Gasteiger partial charge in [-0.2, -0.15) is 0 Å². The van der Waals surface area contributed by atoms with Crippen LogP contribution < -0.4 is 16.2 Å². The smallest absolute Gasteiger partial charge is 0.264 e. The highest BCUT2D eigenvalue weighted by Gasteiger charge is 2.27. The lowest BCUT2D eigenvalue weighted by atomic mass is 9.99. The number of aromatic nitrogens is 1. The van der Waals surface area contributed by atoms with E-state index in [1.54, 1.807) is 10.6 Å². The number of hydrogen-bond donors (Lipinski definition) is 2. The lowest BCUT2D eigenvalue weighted by molar-refractivity contribution is 0.0934. The zero-order chi connectivity index (χ0) is 26.5. The fourth-order valence-electron chi connectivity index (χ4n) is 5.31. The minimum absolute atomic E-state index is 0.162. The highest BCUT2D eigenvalue weighted by atomic mass is 35.5.